The summed E-state index contributed by atoms with van der Waals surface area (Å²) in [6.45, 7) is 5.46. The molecular formula is C23H25BrN4O3S. The zero-order valence-electron chi connectivity index (χ0n) is 18.3. The Balaban J connectivity index is 1.74. The van der Waals surface area contributed by atoms with Crippen molar-refractivity contribution in [2.24, 2.45) is 5.10 Å². The molecule has 1 aromatic heterocycles. The van der Waals surface area contributed by atoms with Gasteiger partial charge in [0.25, 0.3) is 5.91 Å². The van der Waals surface area contributed by atoms with Crippen LogP contribution in [0.3, 0.4) is 0 Å². The average Bonchev–Trinajstić information content (AvgIpc) is 2.98. The van der Waals surface area contributed by atoms with Gasteiger partial charge >= 0.3 is 0 Å². The molecule has 32 heavy (non-hydrogen) atoms. The summed E-state index contributed by atoms with van der Waals surface area (Å²) in [4.78, 5) is 12.4. The van der Waals surface area contributed by atoms with Crippen LogP contribution in [0.4, 0.5) is 5.69 Å². The molecule has 0 saturated carbocycles. The van der Waals surface area contributed by atoms with Crippen molar-refractivity contribution in [1.82, 2.24) is 9.99 Å². The maximum absolute atomic E-state index is 12.4. The van der Waals surface area contributed by atoms with Crippen molar-refractivity contribution in [2.45, 2.75) is 20.8 Å². The first-order valence-corrected chi connectivity index (χ1v) is 12.5. The SMILES string of the molecule is Cc1cccc(N(CC(=O)N/N=C/c2cc(C)n(-c3cccc(Br)c3)c2C)S(C)(=O)=O)c1. The zero-order valence-corrected chi connectivity index (χ0v) is 20.7. The van der Waals surface area contributed by atoms with Gasteiger partial charge in [-0.05, 0) is 62.7 Å². The van der Waals surface area contributed by atoms with E-state index >= 15 is 0 Å². The Bertz CT molecular complexity index is 1280. The summed E-state index contributed by atoms with van der Waals surface area (Å²) in [6, 6.07) is 16.9. The second-order valence-corrected chi connectivity index (χ2v) is 10.4. The Labute approximate surface area is 196 Å². The van der Waals surface area contributed by atoms with Crippen molar-refractivity contribution in [3.63, 3.8) is 0 Å². The quantitative estimate of drug-likeness (QED) is 0.379. The molecule has 0 bridgehead atoms. The molecule has 7 nitrogen and oxygen atoms in total. The fourth-order valence-corrected chi connectivity index (χ4v) is 4.69. The van der Waals surface area contributed by atoms with Gasteiger partial charge in [0.05, 0.1) is 18.2 Å². The molecule has 3 rings (SSSR count). The summed E-state index contributed by atoms with van der Waals surface area (Å²) >= 11 is 3.49. The number of carbonyl (C=O) groups is 1. The van der Waals surface area contributed by atoms with Crippen molar-refractivity contribution < 1.29 is 13.2 Å². The molecule has 9 heteroatoms. The number of amides is 1. The molecule has 1 N–H and O–H groups in total. The van der Waals surface area contributed by atoms with E-state index in [-0.39, 0.29) is 6.54 Å². The van der Waals surface area contributed by atoms with Crippen LogP contribution < -0.4 is 9.73 Å². The van der Waals surface area contributed by atoms with Crippen LogP contribution >= 0.6 is 15.9 Å². The van der Waals surface area contributed by atoms with Gasteiger partial charge in [-0.1, -0.05) is 34.1 Å². The largest absolute Gasteiger partial charge is 0.318 e. The summed E-state index contributed by atoms with van der Waals surface area (Å²) in [7, 11) is -3.64. The first-order valence-electron chi connectivity index (χ1n) is 9.87. The number of anilines is 1. The van der Waals surface area contributed by atoms with Gasteiger partial charge in [-0.2, -0.15) is 5.10 Å². The van der Waals surface area contributed by atoms with Crippen LogP contribution in [-0.2, 0) is 14.8 Å². The Kier molecular flexibility index (Phi) is 7.20. The molecule has 3 aromatic rings. The number of hydrogen-bond acceptors (Lipinski definition) is 4. The first kappa shape index (κ1) is 23.7. The highest BCUT2D eigenvalue weighted by atomic mass is 79.9. The van der Waals surface area contributed by atoms with E-state index in [0.717, 1.165) is 43.2 Å². The molecule has 1 heterocycles. The predicted molar refractivity (Wildman–Crippen MR) is 132 cm³/mol. The van der Waals surface area contributed by atoms with Crippen molar-refractivity contribution in [3.8, 4) is 5.69 Å². The van der Waals surface area contributed by atoms with Crippen LogP contribution in [0.1, 0.15) is 22.5 Å². The number of nitrogens with zero attached hydrogens (tertiary/aromatic N) is 3. The summed E-state index contributed by atoms with van der Waals surface area (Å²) in [5.41, 5.74) is 7.62. The highest BCUT2D eigenvalue weighted by Gasteiger charge is 2.20. The van der Waals surface area contributed by atoms with Gasteiger partial charge in [0.2, 0.25) is 10.0 Å². The molecule has 0 fully saturated rings. The van der Waals surface area contributed by atoms with Crippen molar-refractivity contribution in [2.75, 3.05) is 17.1 Å². The molecule has 0 spiro atoms. The van der Waals surface area contributed by atoms with Gasteiger partial charge in [0.15, 0.2) is 0 Å². The van der Waals surface area contributed by atoms with E-state index in [1.165, 1.54) is 0 Å². The number of nitrogens with one attached hydrogen (secondary N) is 1. The maximum atomic E-state index is 12.4. The first-order chi connectivity index (χ1) is 15.1. The number of hydrogen-bond donors (Lipinski definition) is 1. The van der Waals surface area contributed by atoms with Crippen molar-refractivity contribution >= 4 is 43.8 Å². The lowest BCUT2D eigenvalue weighted by atomic mass is 10.2. The molecule has 1 amide bonds. The number of benzene rings is 2. The van der Waals surface area contributed by atoms with Crippen LogP contribution in [0.5, 0.6) is 0 Å². The van der Waals surface area contributed by atoms with Gasteiger partial charge in [-0.15, -0.1) is 0 Å². The van der Waals surface area contributed by atoms with E-state index < -0.39 is 15.9 Å². The number of halogens is 1. The standard InChI is InChI=1S/C23H25BrN4O3S/c1-16-7-5-9-21(11-16)27(32(4,30)31)15-23(29)26-25-14-19-12-17(2)28(18(19)3)22-10-6-8-20(24)13-22/h5-14H,15H2,1-4H3,(H,26,29)/b25-14+. The summed E-state index contributed by atoms with van der Waals surface area (Å²) < 4.78 is 28.6. The molecule has 0 saturated heterocycles. The normalized spacial score (nSPS) is 11.7. The monoisotopic (exact) mass is 516 g/mol. The number of sulfonamides is 1. The molecule has 0 radical (unpaired) electrons. The Morgan fingerprint density at radius 3 is 2.50 bits per heavy atom. The predicted octanol–water partition coefficient (Wildman–Crippen LogP) is 4.08. The topological polar surface area (TPSA) is 83.8 Å². The molecule has 0 unspecified atom stereocenters. The minimum absolute atomic E-state index is 0.364. The third kappa shape index (κ3) is 5.66. The maximum Gasteiger partial charge on any atom is 0.260 e. The zero-order chi connectivity index (χ0) is 23.5. The summed E-state index contributed by atoms with van der Waals surface area (Å²) in [5.74, 6) is -0.533. The van der Waals surface area contributed by atoms with E-state index in [4.69, 9.17) is 0 Å². The highest BCUT2D eigenvalue weighted by Crippen LogP contribution is 2.22. The minimum Gasteiger partial charge on any atom is -0.318 e. The van der Waals surface area contributed by atoms with E-state index in [9.17, 15) is 13.2 Å². The Morgan fingerprint density at radius 1 is 1.12 bits per heavy atom. The van der Waals surface area contributed by atoms with E-state index in [0.29, 0.717) is 5.69 Å². The number of aromatic nitrogens is 1. The van der Waals surface area contributed by atoms with Crippen molar-refractivity contribution in [1.29, 1.82) is 0 Å². The van der Waals surface area contributed by atoms with Gasteiger partial charge in [0, 0.05) is 27.1 Å². The van der Waals surface area contributed by atoms with Gasteiger partial charge in [-0.3, -0.25) is 9.10 Å². The number of hydrazone groups is 1. The van der Waals surface area contributed by atoms with E-state index in [1.54, 1.807) is 24.4 Å². The molecule has 168 valence electrons. The third-order valence-corrected chi connectivity index (χ3v) is 6.54. The molecular weight excluding hydrogens is 492 g/mol. The molecule has 0 aliphatic carbocycles. The second-order valence-electron chi connectivity index (χ2n) is 7.54. The van der Waals surface area contributed by atoms with Crippen LogP contribution in [0.2, 0.25) is 0 Å². The van der Waals surface area contributed by atoms with Crippen LogP contribution in [0.15, 0.2) is 64.2 Å². The van der Waals surface area contributed by atoms with Crippen molar-refractivity contribution in [3.05, 3.63) is 81.6 Å². The van der Waals surface area contributed by atoms with Crippen LogP contribution in [-0.4, -0.2) is 37.9 Å². The lowest BCUT2D eigenvalue weighted by Crippen LogP contribution is -2.39. The van der Waals surface area contributed by atoms with Gasteiger partial charge in [-0.25, -0.2) is 13.8 Å². The molecule has 2 aromatic carbocycles. The number of aryl methyl sites for hydroxylation is 2. The molecule has 0 atom stereocenters. The number of carbonyl (C=O) groups excluding carboxylic acids is 1. The minimum atomic E-state index is -3.64. The lowest BCUT2D eigenvalue weighted by Gasteiger charge is -2.21. The van der Waals surface area contributed by atoms with E-state index in [2.05, 4.69) is 31.0 Å². The smallest absolute Gasteiger partial charge is 0.260 e. The fraction of sp³-hybridized carbons (Fsp3) is 0.217. The van der Waals surface area contributed by atoms with Gasteiger partial charge in [0.1, 0.15) is 6.54 Å². The summed E-state index contributed by atoms with van der Waals surface area (Å²) in [6.07, 6.45) is 2.63. The Hall–Kier alpha value is -2.91. The average molecular weight is 517 g/mol. The fourth-order valence-electron chi connectivity index (χ4n) is 3.45. The third-order valence-electron chi connectivity index (χ3n) is 4.91. The highest BCUT2D eigenvalue weighted by molar-refractivity contribution is 9.10. The molecule has 0 aliphatic rings. The second kappa shape index (κ2) is 9.70. The van der Waals surface area contributed by atoms with Crippen LogP contribution in [0.25, 0.3) is 5.69 Å². The van der Waals surface area contributed by atoms with E-state index in [1.807, 2.05) is 57.2 Å². The summed E-state index contributed by atoms with van der Waals surface area (Å²) in [5, 5.41) is 4.05. The van der Waals surface area contributed by atoms with Crippen LogP contribution in [0, 0.1) is 20.8 Å². The molecule has 0 aliphatic heterocycles. The lowest BCUT2D eigenvalue weighted by molar-refractivity contribution is -0.119. The number of rotatable bonds is 7. The Morgan fingerprint density at radius 2 is 1.84 bits per heavy atom. The van der Waals surface area contributed by atoms with Gasteiger partial charge < -0.3 is 4.57 Å².